The van der Waals surface area contributed by atoms with Gasteiger partial charge in [-0.05, 0) is 55.2 Å². The molecule has 0 bridgehead atoms. The minimum absolute atomic E-state index is 0.135. The number of carbonyl (C=O) groups is 1. The number of nitrogens with one attached hydrogen (secondary N) is 1. The Hall–Kier alpha value is -2.34. The normalized spacial score (nSPS) is 16.6. The lowest BCUT2D eigenvalue weighted by atomic mass is 10.1. The molecule has 0 saturated carbocycles. The van der Waals surface area contributed by atoms with Crippen LogP contribution in [0.1, 0.15) is 35.3 Å². The van der Waals surface area contributed by atoms with E-state index in [4.69, 9.17) is 0 Å². The summed E-state index contributed by atoms with van der Waals surface area (Å²) in [6.07, 6.45) is 2.65. The molecule has 5 nitrogen and oxygen atoms in total. The Bertz CT molecular complexity index is 922. The third-order valence-corrected chi connectivity index (χ3v) is 5.77. The fourth-order valence-electron chi connectivity index (χ4n) is 3.39. The Balaban J connectivity index is 1.88. The molecule has 2 aromatic carbocycles. The van der Waals surface area contributed by atoms with Gasteiger partial charge in [0.1, 0.15) is 0 Å². The Labute approximate surface area is 148 Å². The van der Waals surface area contributed by atoms with Crippen LogP contribution in [0.2, 0.25) is 0 Å². The minimum Gasteiger partial charge on any atom is -0.322 e. The second-order valence-electron chi connectivity index (χ2n) is 6.42. The van der Waals surface area contributed by atoms with E-state index < -0.39 is 10.0 Å². The topological polar surface area (TPSA) is 66.5 Å². The predicted molar refractivity (Wildman–Crippen MR) is 101 cm³/mol. The lowest BCUT2D eigenvalue weighted by molar-refractivity contribution is 0.102. The largest absolute Gasteiger partial charge is 0.322 e. The second kappa shape index (κ2) is 6.52. The standard InChI is InChI=1S/C19H22N2O3S/c1-4-14-7-5-6-8-17(14)20-19(22)15-9-10-18-16(12-15)11-13(2)21(18)25(3,23)24/h5-10,12-13H,4,11H2,1-3H3,(H,20,22)/t13-/m0/s1. The van der Waals surface area contributed by atoms with Crippen LogP contribution in [0, 0.1) is 0 Å². The molecule has 2 aromatic rings. The van der Waals surface area contributed by atoms with Crippen molar-refractivity contribution in [1.82, 2.24) is 0 Å². The highest BCUT2D eigenvalue weighted by atomic mass is 32.2. The number of rotatable bonds is 4. The van der Waals surface area contributed by atoms with Crippen molar-refractivity contribution in [3.63, 3.8) is 0 Å². The second-order valence-corrected chi connectivity index (χ2v) is 8.28. The number of hydrogen-bond donors (Lipinski definition) is 1. The maximum absolute atomic E-state index is 12.6. The summed E-state index contributed by atoms with van der Waals surface area (Å²) in [6, 6.07) is 12.8. The van der Waals surface area contributed by atoms with Crippen LogP contribution in [-0.4, -0.2) is 26.6 Å². The van der Waals surface area contributed by atoms with Crippen LogP contribution in [0.3, 0.4) is 0 Å². The van der Waals surface area contributed by atoms with Crippen LogP contribution in [0.5, 0.6) is 0 Å². The summed E-state index contributed by atoms with van der Waals surface area (Å²) < 4.78 is 25.4. The highest BCUT2D eigenvalue weighted by Gasteiger charge is 2.32. The van der Waals surface area contributed by atoms with E-state index in [2.05, 4.69) is 5.32 Å². The van der Waals surface area contributed by atoms with E-state index in [1.807, 2.05) is 38.1 Å². The summed E-state index contributed by atoms with van der Waals surface area (Å²) in [5.74, 6) is -0.186. The summed E-state index contributed by atoms with van der Waals surface area (Å²) in [7, 11) is -3.32. The van der Waals surface area contributed by atoms with Crippen molar-refractivity contribution in [2.45, 2.75) is 32.7 Å². The molecule has 0 unspecified atom stereocenters. The van der Waals surface area contributed by atoms with Crippen LogP contribution >= 0.6 is 0 Å². The lowest BCUT2D eigenvalue weighted by Gasteiger charge is -2.21. The number of fused-ring (bicyclic) bond motifs is 1. The Kier molecular flexibility index (Phi) is 4.56. The summed E-state index contributed by atoms with van der Waals surface area (Å²) in [5.41, 5.74) is 3.97. The van der Waals surface area contributed by atoms with E-state index in [0.29, 0.717) is 17.7 Å². The molecule has 1 heterocycles. The summed E-state index contributed by atoms with van der Waals surface area (Å²) in [5, 5.41) is 2.95. The molecule has 1 atom stereocenters. The van der Waals surface area contributed by atoms with E-state index in [1.165, 1.54) is 10.6 Å². The van der Waals surface area contributed by atoms with Gasteiger partial charge in [0.25, 0.3) is 5.91 Å². The minimum atomic E-state index is -3.32. The third-order valence-electron chi connectivity index (χ3n) is 4.50. The predicted octanol–water partition coefficient (Wildman–Crippen LogP) is 3.21. The van der Waals surface area contributed by atoms with Crippen molar-refractivity contribution >= 4 is 27.3 Å². The highest BCUT2D eigenvalue weighted by Crippen LogP contribution is 2.34. The molecule has 0 aromatic heterocycles. The lowest BCUT2D eigenvalue weighted by Crippen LogP contribution is -2.34. The first-order valence-corrected chi connectivity index (χ1v) is 10.2. The van der Waals surface area contributed by atoms with Gasteiger partial charge in [-0.3, -0.25) is 9.10 Å². The van der Waals surface area contributed by atoms with Gasteiger partial charge in [0.2, 0.25) is 10.0 Å². The quantitative estimate of drug-likeness (QED) is 0.913. The van der Waals surface area contributed by atoms with Crippen LogP contribution in [0.25, 0.3) is 0 Å². The van der Waals surface area contributed by atoms with Crippen LogP contribution in [-0.2, 0) is 22.9 Å². The van der Waals surface area contributed by atoms with Gasteiger partial charge in [-0.2, -0.15) is 0 Å². The molecule has 1 aliphatic heterocycles. The number of aryl methyl sites for hydroxylation is 1. The molecule has 0 spiro atoms. The fraction of sp³-hybridized carbons (Fsp3) is 0.316. The summed E-state index contributed by atoms with van der Waals surface area (Å²) >= 11 is 0. The Morgan fingerprint density at radius 2 is 1.96 bits per heavy atom. The van der Waals surface area contributed by atoms with Crippen molar-refractivity contribution in [3.05, 3.63) is 59.2 Å². The first-order valence-electron chi connectivity index (χ1n) is 8.33. The van der Waals surface area contributed by atoms with Crippen molar-refractivity contribution in [3.8, 4) is 0 Å². The molecule has 0 radical (unpaired) electrons. The number of amides is 1. The summed E-state index contributed by atoms with van der Waals surface area (Å²) in [6.45, 7) is 3.92. The molecule has 0 saturated heterocycles. The van der Waals surface area contributed by atoms with Gasteiger partial charge in [0, 0.05) is 17.3 Å². The van der Waals surface area contributed by atoms with E-state index in [-0.39, 0.29) is 11.9 Å². The van der Waals surface area contributed by atoms with Crippen LogP contribution in [0.15, 0.2) is 42.5 Å². The van der Waals surface area contributed by atoms with Crippen molar-refractivity contribution in [2.24, 2.45) is 0 Å². The zero-order valence-electron chi connectivity index (χ0n) is 14.6. The fourth-order valence-corrected chi connectivity index (χ4v) is 4.66. The molecule has 3 rings (SSSR count). The molecule has 1 aliphatic rings. The number of para-hydroxylation sites is 1. The monoisotopic (exact) mass is 358 g/mol. The molecule has 0 aliphatic carbocycles. The van der Waals surface area contributed by atoms with Gasteiger partial charge in [-0.15, -0.1) is 0 Å². The highest BCUT2D eigenvalue weighted by molar-refractivity contribution is 7.92. The number of nitrogens with zero attached hydrogens (tertiary/aromatic N) is 1. The molecule has 1 N–H and O–H groups in total. The zero-order chi connectivity index (χ0) is 18.2. The molecule has 132 valence electrons. The number of benzene rings is 2. The average molecular weight is 358 g/mol. The smallest absolute Gasteiger partial charge is 0.255 e. The van der Waals surface area contributed by atoms with Gasteiger partial charge >= 0.3 is 0 Å². The number of anilines is 2. The van der Waals surface area contributed by atoms with E-state index in [1.54, 1.807) is 18.2 Å². The van der Waals surface area contributed by atoms with Crippen molar-refractivity contribution in [1.29, 1.82) is 0 Å². The molecule has 25 heavy (non-hydrogen) atoms. The maximum atomic E-state index is 12.6. The van der Waals surface area contributed by atoms with Gasteiger partial charge in [-0.1, -0.05) is 25.1 Å². The van der Waals surface area contributed by atoms with E-state index >= 15 is 0 Å². The number of hydrogen-bond acceptors (Lipinski definition) is 3. The first kappa shape index (κ1) is 17.5. The molecule has 1 amide bonds. The third kappa shape index (κ3) is 3.39. The average Bonchev–Trinajstić information content (AvgIpc) is 2.90. The Morgan fingerprint density at radius 3 is 2.64 bits per heavy atom. The number of carbonyl (C=O) groups excluding carboxylic acids is 1. The maximum Gasteiger partial charge on any atom is 0.255 e. The molecular weight excluding hydrogens is 336 g/mol. The zero-order valence-corrected chi connectivity index (χ0v) is 15.4. The van der Waals surface area contributed by atoms with Gasteiger partial charge in [0.05, 0.1) is 11.9 Å². The van der Waals surface area contributed by atoms with Crippen molar-refractivity contribution in [2.75, 3.05) is 15.9 Å². The van der Waals surface area contributed by atoms with E-state index in [0.717, 1.165) is 23.2 Å². The van der Waals surface area contributed by atoms with Crippen LogP contribution in [0.4, 0.5) is 11.4 Å². The van der Waals surface area contributed by atoms with E-state index in [9.17, 15) is 13.2 Å². The van der Waals surface area contributed by atoms with Crippen LogP contribution < -0.4 is 9.62 Å². The first-order chi connectivity index (χ1) is 11.8. The molecule has 0 fully saturated rings. The Morgan fingerprint density at radius 1 is 1.24 bits per heavy atom. The summed E-state index contributed by atoms with van der Waals surface area (Å²) in [4.78, 5) is 12.6. The SMILES string of the molecule is CCc1ccccc1NC(=O)c1ccc2c(c1)C[C@H](C)N2S(C)(=O)=O. The molecule has 6 heteroatoms. The van der Waals surface area contributed by atoms with Gasteiger partial charge in [-0.25, -0.2) is 8.42 Å². The van der Waals surface area contributed by atoms with Gasteiger partial charge < -0.3 is 5.32 Å². The molecular formula is C19H22N2O3S. The number of sulfonamides is 1. The van der Waals surface area contributed by atoms with Gasteiger partial charge in [0.15, 0.2) is 0 Å². The van der Waals surface area contributed by atoms with Crippen molar-refractivity contribution < 1.29 is 13.2 Å².